The van der Waals surface area contributed by atoms with Crippen molar-refractivity contribution in [1.29, 1.82) is 0 Å². The van der Waals surface area contributed by atoms with Gasteiger partial charge < -0.3 is 15.6 Å². The fraction of sp³-hybridized carbons (Fsp3) is 0.158. The number of fused-ring (bicyclic) bond motifs is 1. The minimum absolute atomic E-state index is 0.0649. The van der Waals surface area contributed by atoms with Crippen molar-refractivity contribution in [1.82, 2.24) is 14.9 Å². The Kier molecular flexibility index (Phi) is 4.33. The number of para-hydroxylation sites is 1. The van der Waals surface area contributed by atoms with Gasteiger partial charge in [-0.2, -0.15) is 0 Å². The Morgan fingerprint density at radius 1 is 1.29 bits per heavy atom. The number of amides is 1. The average Bonchev–Trinajstić information content (AvgIpc) is 2.90. The number of nitrogens with two attached hydrogens (primary N) is 1. The first-order chi connectivity index (χ1) is 11.5. The molecule has 3 N–H and O–H groups in total. The Balaban J connectivity index is 1.71. The van der Waals surface area contributed by atoms with Crippen LogP contribution >= 0.6 is 0 Å². The van der Waals surface area contributed by atoms with E-state index >= 15 is 0 Å². The van der Waals surface area contributed by atoms with Crippen LogP contribution in [-0.4, -0.2) is 27.8 Å². The van der Waals surface area contributed by atoms with E-state index in [-0.39, 0.29) is 5.91 Å². The number of rotatable bonds is 4. The number of nitrogens with zero attached hydrogens (tertiary/aromatic N) is 2. The zero-order chi connectivity index (χ0) is 17.1. The van der Waals surface area contributed by atoms with Gasteiger partial charge in [-0.3, -0.25) is 4.79 Å². The zero-order valence-corrected chi connectivity index (χ0v) is 13.8. The minimum atomic E-state index is -0.0649. The molecule has 3 aromatic rings. The standard InChI is InChI=1S/C19H20N4O/c1-13-15-5-3-4-6-16(15)22-17(13)12-23(2)19(24)10-8-14-7-9-18(20)21-11-14/h3-11,22H,12H2,1-2H3,(H2,20,21)/b10-8+. The van der Waals surface area contributed by atoms with Gasteiger partial charge in [0.05, 0.1) is 6.54 Å². The fourth-order valence-electron chi connectivity index (χ4n) is 2.62. The van der Waals surface area contributed by atoms with Gasteiger partial charge in [0.25, 0.3) is 0 Å². The summed E-state index contributed by atoms with van der Waals surface area (Å²) < 4.78 is 0. The van der Waals surface area contributed by atoms with Crippen LogP contribution in [0, 0.1) is 6.92 Å². The third-order valence-electron chi connectivity index (χ3n) is 4.07. The summed E-state index contributed by atoms with van der Waals surface area (Å²) in [5.41, 5.74) is 9.71. The number of hydrogen-bond acceptors (Lipinski definition) is 3. The number of benzene rings is 1. The lowest BCUT2D eigenvalue weighted by Gasteiger charge is -2.14. The lowest BCUT2D eigenvalue weighted by molar-refractivity contribution is -0.125. The van der Waals surface area contributed by atoms with Crippen LogP contribution in [0.5, 0.6) is 0 Å². The summed E-state index contributed by atoms with van der Waals surface area (Å²) >= 11 is 0. The van der Waals surface area contributed by atoms with Gasteiger partial charge in [-0.25, -0.2) is 4.98 Å². The summed E-state index contributed by atoms with van der Waals surface area (Å²) in [4.78, 5) is 21.4. The van der Waals surface area contributed by atoms with E-state index in [1.165, 1.54) is 10.9 Å². The quantitative estimate of drug-likeness (QED) is 0.725. The number of anilines is 1. The molecule has 1 amide bonds. The van der Waals surface area contributed by atoms with E-state index in [1.807, 2.05) is 24.3 Å². The number of pyridine rings is 1. The molecule has 0 bridgehead atoms. The van der Waals surface area contributed by atoms with Crippen molar-refractivity contribution in [2.24, 2.45) is 0 Å². The van der Waals surface area contributed by atoms with E-state index < -0.39 is 0 Å². The number of aromatic nitrogens is 2. The predicted octanol–water partition coefficient (Wildman–Crippen LogP) is 3.13. The molecule has 0 saturated heterocycles. The molecule has 0 atom stereocenters. The number of carbonyl (C=O) groups excluding carboxylic acids is 1. The number of likely N-dealkylation sites (N-methyl/N-ethyl adjacent to an activating group) is 1. The highest BCUT2D eigenvalue weighted by Crippen LogP contribution is 2.22. The molecule has 1 aromatic carbocycles. The van der Waals surface area contributed by atoms with Gasteiger partial charge in [-0.05, 0) is 42.3 Å². The Labute approximate surface area is 140 Å². The van der Waals surface area contributed by atoms with E-state index in [4.69, 9.17) is 5.73 Å². The van der Waals surface area contributed by atoms with E-state index in [0.717, 1.165) is 16.8 Å². The summed E-state index contributed by atoms with van der Waals surface area (Å²) in [6.45, 7) is 2.60. The van der Waals surface area contributed by atoms with E-state index in [9.17, 15) is 4.79 Å². The van der Waals surface area contributed by atoms with Gasteiger partial charge in [-0.1, -0.05) is 18.2 Å². The van der Waals surface area contributed by atoms with E-state index in [1.54, 1.807) is 36.4 Å². The molecule has 122 valence electrons. The van der Waals surface area contributed by atoms with Gasteiger partial charge in [-0.15, -0.1) is 0 Å². The summed E-state index contributed by atoms with van der Waals surface area (Å²) in [7, 11) is 1.79. The SMILES string of the molecule is Cc1c(CN(C)C(=O)/C=C/c2ccc(N)nc2)[nH]c2ccccc12. The summed E-state index contributed by atoms with van der Waals surface area (Å²) in [5.74, 6) is 0.398. The lowest BCUT2D eigenvalue weighted by atomic mass is 10.1. The molecule has 3 rings (SSSR count). The van der Waals surface area contributed by atoms with Crippen molar-refractivity contribution in [3.05, 3.63) is 65.5 Å². The summed E-state index contributed by atoms with van der Waals surface area (Å²) in [6, 6.07) is 11.7. The second-order valence-corrected chi connectivity index (χ2v) is 5.82. The van der Waals surface area contributed by atoms with Crippen LogP contribution in [0.15, 0.2) is 48.7 Å². The number of carbonyl (C=O) groups is 1. The number of H-pyrrole nitrogens is 1. The lowest BCUT2D eigenvalue weighted by Crippen LogP contribution is -2.24. The highest BCUT2D eigenvalue weighted by Gasteiger charge is 2.11. The maximum absolute atomic E-state index is 12.3. The number of nitrogens with one attached hydrogen (secondary N) is 1. The molecule has 0 aliphatic heterocycles. The molecule has 0 fully saturated rings. The highest BCUT2D eigenvalue weighted by molar-refractivity contribution is 5.91. The Morgan fingerprint density at radius 3 is 2.79 bits per heavy atom. The van der Waals surface area contributed by atoms with Crippen LogP contribution in [0.1, 0.15) is 16.8 Å². The largest absolute Gasteiger partial charge is 0.384 e. The molecule has 2 heterocycles. The van der Waals surface area contributed by atoms with Crippen molar-refractivity contribution >= 4 is 28.7 Å². The van der Waals surface area contributed by atoms with Crippen molar-refractivity contribution < 1.29 is 4.79 Å². The number of hydrogen-bond donors (Lipinski definition) is 2. The molecular formula is C19H20N4O. The maximum atomic E-state index is 12.3. The first kappa shape index (κ1) is 15.8. The van der Waals surface area contributed by atoms with Crippen molar-refractivity contribution in [3.8, 4) is 0 Å². The molecule has 0 aliphatic carbocycles. The zero-order valence-electron chi connectivity index (χ0n) is 13.8. The van der Waals surface area contributed by atoms with Gasteiger partial charge in [0.15, 0.2) is 0 Å². The Hall–Kier alpha value is -3.08. The first-order valence-electron chi connectivity index (χ1n) is 7.75. The maximum Gasteiger partial charge on any atom is 0.246 e. The predicted molar refractivity (Wildman–Crippen MR) is 97.2 cm³/mol. The average molecular weight is 320 g/mol. The van der Waals surface area contributed by atoms with Crippen LogP contribution in [0.4, 0.5) is 5.82 Å². The first-order valence-corrected chi connectivity index (χ1v) is 7.75. The molecule has 0 aliphatic rings. The van der Waals surface area contributed by atoms with Crippen LogP contribution in [0.3, 0.4) is 0 Å². The highest BCUT2D eigenvalue weighted by atomic mass is 16.2. The van der Waals surface area contributed by atoms with Crippen LogP contribution < -0.4 is 5.73 Å². The molecule has 24 heavy (non-hydrogen) atoms. The third kappa shape index (κ3) is 3.30. The Bertz CT molecular complexity index is 893. The van der Waals surface area contributed by atoms with Crippen LogP contribution in [-0.2, 0) is 11.3 Å². The van der Waals surface area contributed by atoms with Gasteiger partial charge >= 0.3 is 0 Å². The molecule has 5 heteroatoms. The molecule has 2 aromatic heterocycles. The van der Waals surface area contributed by atoms with E-state index in [0.29, 0.717) is 12.4 Å². The van der Waals surface area contributed by atoms with Crippen molar-refractivity contribution in [2.75, 3.05) is 12.8 Å². The minimum Gasteiger partial charge on any atom is -0.384 e. The fourth-order valence-corrected chi connectivity index (χ4v) is 2.62. The number of aryl methyl sites for hydroxylation is 1. The second kappa shape index (κ2) is 6.58. The molecule has 0 spiro atoms. The summed E-state index contributed by atoms with van der Waals surface area (Å²) in [6.07, 6.45) is 4.93. The molecule has 5 nitrogen and oxygen atoms in total. The number of aromatic amines is 1. The molecular weight excluding hydrogens is 300 g/mol. The van der Waals surface area contributed by atoms with Gasteiger partial charge in [0.1, 0.15) is 5.82 Å². The number of nitrogen functional groups attached to an aromatic ring is 1. The van der Waals surface area contributed by atoms with Crippen molar-refractivity contribution in [2.45, 2.75) is 13.5 Å². The molecule has 0 saturated carbocycles. The van der Waals surface area contributed by atoms with Crippen molar-refractivity contribution in [3.63, 3.8) is 0 Å². The molecule has 0 radical (unpaired) electrons. The van der Waals surface area contributed by atoms with E-state index in [2.05, 4.69) is 23.0 Å². The monoisotopic (exact) mass is 320 g/mol. The normalized spacial score (nSPS) is 11.2. The Morgan fingerprint density at radius 2 is 2.08 bits per heavy atom. The van der Waals surface area contributed by atoms with Crippen LogP contribution in [0.25, 0.3) is 17.0 Å². The third-order valence-corrected chi connectivity index (χ3v) is 4.07. The van der Waals surface area contributed by atoms with Gasteiger partial charge in [0, 0.05) is 35.9 Å². The second-order valence-electron chi connectivity index (χ2n) is 5.82. The van der Waals surface area contributed by atoms with Crippen LogP contribution in [0.2, 0.25) is 0 Å². The smallest absolute Gasteiger partial charge is 0.246 e. The van der Waals surface area contributed by atoms with Gasteiger partial charge in [0.2, 0.25) is 5.91 Å². The summed E-state index contributed by atoms with van der Waals surface area (Å²) in [5, 5.41) is 1.19. The molecule has 0 unspecified atom stereocenters. The topological polar surface area (TPSA) is 75.0 Å².